The largest absolute Gasteiger partial charge is 0.337 e. The fourth-order valence-corrected chi connectivity index (χ4v) is 5.06. The highest BCUT2D eigenvalue weighted by Crippen LogP contribution is 2.54. The number of hydrogen-bond donors (Lipinski definition) is 1. The molecule has 0 aromatic heterocycles. The average Bonchev–Trinajstić information content (AvgIpc) is 2.10. The van der Waals surface area contributed by atoms with E-state index in [-0.39, 0.29) is 0 Å². The molecule has 5 heteroatoms. The van der Waals surface area contributed by atoms with Crippen LogP contribution in [-0.4, -0.2) is 40.3 Å². The minimum Gasteiger partial charge on any atom is -0.337 e. The molecule has 0 heterocycles. The molecular formula is C11H26NO2PS. The molecule has 0 spiro atoms. The molecule has 0 saturated heterocycles. The lowest BCUT2D eigenvalue weighted by Crippen LogP contribution is -2.38. The Labute approximate surface area is 104 Å². The molecule has 0 bridgehead atoms. The van der Waals surface area contributed by atoms with E-state index in [9.17, 15) is 9.46 Å². The first kappa shape index (κ1) is 16.5. The van der Waals surface area contributed by atoms with Crippen LogP contribution in [0.3, 0.4) is 0 Å². The third kappa shape index (κ3) is 6.95. The topological polar surface area (TPSA) is 40.5 Å². The molecule has 1 atom stereocenters. The molecule has 0 saturated carbocycles. The van der Waals surface area contributed by atoms with E-state index in [2.05, 4.69) is 32.6 Å². The lowest BCUT2D eigenvalue weighted by Gasteiger charge is -2.30. The highest BCUT2D eigenvalue weighted by molar-refractivity contribution is 8.56. The monoisotopic (exact) mass is 267 g/mol. The summed E-state index contributed by atoms with van der Waals surface area (Å²) in [5.74, 6) is 0.740. The van der Waals surface area contributed by atoms with Gasteiger partial charge in [0.05, 0.1) is 0 Å². The molecule has 3 nitrogen and oxygen atoms in total. The molecule has 0 fully saturated rings. The quantitative estimate of drug-likeness (QED) is 0.684. The van der Waals surface area contributed by atoms with Crippen LogP contribution in [0.5, 0.6) is 0 Å². The van der Waals surface area contributed by atoms with Crippen molar-refractivity contribution < 1.29 is 9.46 Å². The summed E-state index contributed by atoms with van der Waals surface area (Å²) in [4.78, 5) is 12.0. The second kappa shape index (κ2) is 7.75. The van der Waals surface area contributed by atoms with E-state index in [0.29, 0.717) is 18.2 Å². The molecular weight excluding hydrogens is 241 g/mol. The van der Waals surface area contributed by atoms with E-state index in [4.69, 9.17) is 0 Å². The van der Waals surface area contributed by atoms with Crippen LogP contribution in [-0.2, 0) is 4.57 Å². The van der Waals surface area contributed by atoms with Crippen LogP contribution in [0.2, 0.25) is 0 Å². The Hall–Kier alpha value is 0.500. The standard InChI is InChI=1S/C11H26NO2PS/c1-6-8-15(13,14)16-9-7-12(10(2)3)11(4)5/h10-11H,6-9H2,1-5H3,(H,13,14). The predicted molar refractivity (Wildman–Crippen MR) is 74.4 cm³/mol. The van der Waals surface area contributed by atoms with Gasteiger partial charge >= 0.3 is 0 Å². The Morgan fingerprint density at radius 1 is 1.25 bits per heavy atom. The van der Waals surface area contributed by atoms with Crippen LogP contribution < -0.4 is 0 Å². The molecule has 0 radical (unpaired) electrons. The third-order valence-corrected chi connectivity index (χ3v) is 6.56. The Kier molecular flexibility index (Phi) is 8.00. The Morgan fingerprint density at radius 2 is 1.75 bits per heavy atom. The van der Waals surface area contributed by atoms with Crippen LogP contribution in [0, 0.1) is 0 Å². The van der Waals surface area contributed by atoms with Crippen molar-refractivity contribution in [1.29, 1.82) is 0 Å². The van der Waals surface area contributed by atoms with Gasteiger partial charge in [0, 0.05) is 30.5 Å². The Morgan fingerprint density at radius 3 is 2.12 bits per heavy atom. The lowest BCUT2D eigenvalue weighted by molar-refractivity contribution is 0.187. The SMILES string of the molecule is CCCP(=O)(O)SCCN(C(C)C)C(C)C. The van der Waals surface area contributed by atoms with E-state index >= 15 is 0 Å². The second-order valence-corrected chi connectivity index (χ2v) is 9.49. The van der Waals surface area contributed by atoms with Crippen LogP contribution in [0.15, 0.2) is 0 Å². The van der Waals surface area contributed by atoms with Gasteiger partial charge in [-0.2, -0.15) is 0 Å². The molecule has 0 aliphatic carbocycles. The van der Waals surface area contributed by atoms with Gasteiger partial charge in [-0.1, -0.05) is 18.3 Å². The molecule has 0 aromatic carbocycles. The van der Waals surface area contributed by atoms with E-state index in [1.807, 2.05) is 6.92 Å². The van der Waals surface area contributed by atoms with E-state index in [1.54, 1.807) is 0 Å². The number of rotatable bonds is 8. The minimum atomic E-state index is -2.92. The van der Waals surface area contributed by atoms with Gasteiger partial charge in [0.1, 0.15) is 0 Å². The normalized spacial score (nSPS) is 16.1. The predicted octanol–water partition coefficient (Wildman–Crippen LogP) is 3.43. The van der Waals surface area contributed by atoms with Crippen molar-refractivity contribution >= 4 is 18.0 Å². The van der Waals surface area contributed by atoms with Gasteiger partial charge in [-0.25, -0.2) is 0 Å². The zero-order valence-electron chi connectivity index (χ0n) is 11.1. The minimum absolute atomic E-state index is 0.432. The summed E-state index contributed by atoms with van der Waals surface area (Å²) >= 11 is 1.24. The van der Waals surface area contributed by atoms with Gasteiger partial charge in [-0.15, -0.1) is 0 Å². The lowest BCUT2D eigenvalue weighted by atomic mass is 10.2. The van der Waals surface area contributed by atoms with Gasteiger partial charge in [-0.05, 0) is 34.1 Å². The van der Waals surface area contributed by atoms with Gasteiger partial charge in [0.15, 0.2) is 0 Å². The maximum Gasteiger partial charge on any atom is 0.255 e. The third-order valence-electron chi connectivity index (χ3n) is 2.48. The Balaban J connectivity index is 4.00. The summed E-state index contributed by atoms with van der Waals surface area (Å²) in [6, 6.07) is 0.981. The smallest absolute Gasteiger partial charge is 0.255 e. The summed E-state index contributed by atoms with van der Waals surface area (Å²) < 4.78 is 11.6. The maximum atomic E-state index is 11.6. The molecule has 16 heavy (non-hydrogen) atoms. The van der Waals surface area contributed by atoms with Crippen LogP contribution in [0.1, 0.15) is 41.0 Å². The van der Waals surface area contributed by atoms with Gasteiger partial charge < -0.3 is 4.89 Å². The molecule has 0 aromatic rings. The molecule has 0 amide bonds. The summed E-state index contributed by atoms with van der Waals surface area (Å²) in [6.07, 6.45) is 1.21. The first-order valence-electron chi connectivity index (χ1n) is 6.02. The molecule has 0 aliphatic heterocycles. The second-order valence-electron chi connectivity index (χ2n) is 4.62. The van der Waals surface area contributed by atoms with Crippen molar-refractivity contribution in [2.45, 2.75) is 53.1 Å². The zero-order chi connectivity index (χ0) is 12.8. The fourth-order valence-electron chi connectivity index (χ4n) is 1.75. The summed E-state index contributed by atoms with van der Waals surface area (Å²) in [6.45, 7) is 8.55. The first-order valence-corrected chi connectivity index (χ1v) is 9.45. The van der Waals surface area contributed by atoms with Crippen molar-refractivity contribution in [1.82, 2.24) is 4.90 Å². The van der Waals surface area contributed by atoms with Crippen LogP contribution >= 0.6 is 18.0 Å². The van der Waals surface area contributed by atoms with E-state index in [1.165, 1.54) is 11.4 Å². The van der Waals surface area contributed by atoms with Crippen molar-refractivity contribution in [3.05, 3.63) is 0 Å². The van der Waals surface area contributed by atoms with Crippen molar-refractivity contribution in [3.8, 4) is 0 Å². The van der Waals surface area contributed by atoms with Crippen molar-refractivity contribution in [3.63, 3.8) is 0 Å². The van der Waals surface area contributed by atoms with Crippen LogP contribution in [0.4, 0.5) is 0 Å². The maximum absolute atomic E-state index is 11.6. The number of hydrogen-bond acceptors (Lipinski definition) is 3. The highest BCUT2D eigenvalue weighted by atomic mass is 32.7. The summed E-state index contributed by atoms with van der Waals surface area (Å²) in [5.41, 5.74) is 0. The van der Waals surface area contributed by atoms with Crippen molar-refractivity contribution in [2.75, 3.05) is 18.5 Å². The number of nitrogens with zero attached hydrogens (tertiary/aromatic N) is 1. The molecule has 0 aliphatic rings. The molecule has 98 valence electrons. The molecule has 1 unspecified atom stereocenters. The van der Waals surface area contributed by atoms with Gasteiger partial charge in [0.2, 0.25) is 0 Å². The van der Waals surface area contributed by atoms with Crippen molar-refractivity contribution in [2.24, 2.45) is 0 Å². The fraction of sp³-hybridized carbons (Fsp3) is 1.00. The summed E-state index contributed by atoms with van der Waals surface area (Å²) in [7, 11) is 0. The van der Waals surface area contributed by atoms with Gasteiger partial charge in [-0.3, -0.25) is 9.46 Å². The molecule has 0 rings (SSSR count). The van der Waals surface area contributed by atoms with E-state index < -0.39 is 6.57 Å². The Bertz CT molecular complexity index is 226. The zero-order valence-corrected chi connectivity index (χ0v) is 12.9. The first-order chi connectivity index (χ1) is 7.30. The van der Waals surface area contributed by atoms with Crippen LogP contribution in [0.25, 0.3) is 0 Å². The van der Waals surface area contributed by atoms with E-state index in [0.717, 1.165) is 18.7 Å². The van der Waals surface area contributed by atoms with Gasteiger partial charge in [0.25, 0.3) is 6.57 Å². The highest BCUT2D eigenvalue weighted by Gasteiger charge is 2.19. The summed E-state index contributed by atoms with van der Waals surface area (Å²) in [5, 5.41) is 0. The molecule has 1 N–H and O–H groups in total. The average molecular weight is 267 g/mol.